The average molecular weight is 313 g/mol. The Morgan fingerprint density at radius 1 is 1.56 bits per heavy atom. The fourth-order valence-corrected chi connectivity index (χ4v) is 2.83. The van der Waals surface area contributed by atoms with Gasteiger partial charge in [-0.2, -0.15) is 0 Å². The number of carboxylic acids is 1. The molecule has 2 heterocycles. The zero-order valence-corrected chi connectivity index (χ0v) is 11.8. The Labute approximate surface area is 115 Å². The first-order valence-corrected chi connectivity index (χ1v) is 6.96. The molecule has 1 aliphatic heterocycles. The standard InChI is InChI=1S/C13H17BrN2O2/c14-12-5-11(6-15-7-12)9-16-4-3-10(8-16)1-2-13(17)18/h5-7,10H,1-4,8-9H2,(H,17,18). The van der Waals surface area contributed by atoms with Crippen LogP contribution in [0.2, 0.25) is 0 Å². The average Bonchev–Trinajstić information content (AvgIpc) is 2.74. The van der Waals surface area contributed by atoms with Gasteiger partial charge in [0.25, 0.3) is 0 Å². The molecule has 0 saturated carbocycles. The van der Waals surface area contributed by atoms with E-state index in [4.69, 9.17) is 5.11 Å². The monoisotopic (exact) mass is 312 g/mol. The first-order chi connectivity index (χ1) is 8.63. The largest absolute Gasteiger partial charge is 0.481 e. The number of aromatic nitrogens is 1. The summed E-state index contributed by atoms with van der Waals surface area (Å²) in [5, 5.41) is 8.68. The van der Waals surface area contributed by atoms with Crippen LogP contribution in [-0.2, 0) is 11.3 Å². The fraction of sp³-hybridized carbons (Fsp3) is 0.538. The van der Waals surface area contributed by atoms with Gasteiger partial charge >= 0.3 is 5.97 Å². The Morgan fingerprint density at radius 3 is 3.11 bits per heavy atom. The van der Waals surface area contributed by atoms with Gasteiger partial charge in [0.15, 0.2) is 0 Å². The number of nitrogens with zero attached hydrogens (tertiary/aromatic N) is 2. The van der Waals surface area contributed by atoms with Gasteiger partial charge in [-0.1, -0.05) is 0 Å². The summed E-state index contributed by atoms with van der Waals surface area (Å²) in [7, 11) is 0. The molecule has 1 N–H and O–H groups in total. The number of hydrogen-bond acceptors (Lipinski definition) is 3. The van der Waals surface area contributed by atoms with E-state index in [0.717, 1.165) is 36.9 Å². The van der Waals surface area contributed by atoms with E-state index in [-0.39, 0.29) is 6.42 Å². The van der Waals surface area contributed by atoms with Crippen LogP contribution in [0.25, 0.3) is 0 Å². The second-order valence-electron chi connectivity index (χ2n) is 4.83. The Hall–Kier alpha value is -0.940. The van der Waals surface area contributed by atoms with Crippen molar-refractivity contribution in [2.24, 2.45) is 5.92 Å². The van der Waals surface area contributed by atoms with Gasteiger partial charge in [0.2, 0.25) is 0 Å². The van der Waals surface area contributed by atoms with Gasteiger partial charge in [-0.25, -0.2) is 0 Å². The fourth-order valence-electron chi connectivity index (χ4n) is 2.42. The second-order valence-corrected chi connectivity index (χ2v) is 5.75. The minimum absolute atomic E-state index is 0.289. The summed E-state index contributed by atoms with van der Waals surface area (Å²) in [6.45, 7) is 2.95. The zero-order chi connectivity index (χ0) is 13.0. The third kappa shape index (κ3) is 4.07. The maximum Gasteiger partial charge on any atom is 0.303 e. The molecule has 98 valence electrons. The van der Waals surface area contributed by atoms with E-state index in [1.54, 1.807) is 6.20 Å². The van der Waals surface area contributed by atoms with Gasteiger partial charge in [0.05, 0.1) is 0 Å². The van der Waals surface area contributed by atoms with Crippen molar-refractivity contribution in [3.63, 3.8) is 0 Å². The molecule has 1 fully saturated rings. The van der Waals surface area contributed by atoms with Crippen LogP contribution < -0.4 is 0 Å². The summed E-state index contributed by atoms with van der Waals surface area (Å²) >= 11 is 3.42. The highest BCUT2D eigenvalue weighted by Crippen LogP contribution is 2.23. The first kappa shape index (κ1) is 13.5. The number of rotatable bonds is 5. The summed E-state index contributed by atoms with van der Waals surface area (Å²) in [6.07, 6.45) is 5.85. The van der Waals surface area contributed by atoms with Crippen molar-refractivity contribution in [2.75, 3.05) is 13.1 Å². The van der Waals surface area contributed by atoms with Gasteiger partial charge in [-0.05, 0) is 52.9 Å². The van der Waals surface area contributed by atoms with Crippen LogP contribution in [0.3, 0.4) is 0 Å². The van der Waals surface area contributed by atoms with Crippen molar-refractivity contribution in [2.45, 2.75) is 25.8 Å². The highest BCUT2D eigenvalue weighted by Gasteiger charge is 2.22. The molecule has 1 saturated heterocycles. The number of carbonyl (C=O) groups is 1. The summed E-state index contributed by atoms with van der Waals surface area (Å²) in [5.74, 6) is -0.161. The normalized spacial score (nSPS) is 20.2. The minimum Gasteiger partial charge on any atom is -0.481 e. The number of hydrogen-bond donors (Lipinski definition) is 1. The number of carboxylic acid groups (broad SMARTS) is 1. The van der Waals surface area contributed by atoms with Crippen LogP contribution in [0.1, 0.15) is 24.8 Å². The van der Waals surface area contributed by atoms with Crippen LogP contribution in [0.4, 0.5) is 0 Å². The van der Waals surface area contributed by atoms with E-state index in [1.807, 2.05) is 6.20 Å². The van der Waals surface area contributed by atoms with E-state index < -0.39 is 5.97 Å². The molecule has 0 aliphatic carbocycles. The minimum atomic E-state index is -0.690. The third-order valence-corrected chi connectivity index (χ3v) is 3.74. The third-order valence-electron chi connectivity index (χ3n) is 3.30. The Balaban J connectivity index is 1.80. The van der Waals surface area contributed by atoms with Crippen molar-refractivity contribution in [1.82, 2.24) is 9.88 Å². The SMILES string of the molecule is O=C(O)CCC1CCN(Cc2cncc(Br)c2)C1. The van der Waals surface area contributed by atoms with Crippen LogP contribution in [0, 0.1) is 5.92 Å². The molecule has 4 nitrogen and oxygen atoms in total. The van der Waals surface area contributed by atoms with Crippen LogP contribution in [0.5, 0.6) is 0 Å². The van der Waals surface area contributed by atoms with Crippen molar-refractivity contribution in [3.8, 4) is 0 Å². The van der Waals surface area contributed by atoms with Crippen LogP contribution in [0.15, 0.2) is 22.9 Å². The number of aliphatic carboxylic acids is 1. The number of halogens is 1. The lowest BCUT2D eigenvalue weighted by Gasteiger charge is -2.15. The molecular formula is C13H17BrN2O2. The van der Waals surface area contributed by atoms with Crippen molar-refractivity contribution in [1.29, 1.82) is 0 Å². The molecule has 1 aliphatic rings. The van der Waals surface area contributed by atoms with E-state index >= 15 is 0 Å². The molecule has 0 aromatic carbocycles. The predicted molar refractivity (Wildman–Crippen MR) is 72.2 cm³/mol. The molecule has 0 amide bonds. The molecule has 0 bridgehead atoms. The van der Waals surface area contributed by atoms with Crippen LogP contribution in [-0.4, -0.2) is 34.0 Å². The molecule has 1 aromatic heterocycles. The topological polar surface area (TPSA) is 53.4 Å². The van der Waals surface area contributed by atoms with Gasteiger partial charge in [-0.3, -0.25) is 14.7 Å². The zero-order valence-electron chi connectivity index (χ0n) is 10.2. The molecular weight excluding hydrogens is 296 g/mol. The van der Waals surface area contributed by atoms with E-state index in [9.17, 15) is 4.79 Å². The highest BCUT2D eigenvalue weighted by molar-refractivity contribution is 9.10. The number of likely N-dealkylation sites (tertiary alicyclic amines) is 1. The van der Waals surface area contributed by atoms with E-state index in [0.29, 0.717) is 5.92 Å². The molecule has 2 rings (SSSR count). The lowest BCUT2D eigenvalue weighted by Crippen LogP contribution is -2.20. The summed E-state index contributed by atoms with van der Waals surface area (Å²) in [6, 6.07) is 2.08. The smallest absolute Gasteiger partial charge is 0.303 e. The predicted octanol–water partition coefficient (Wildman–Crippen LogP) is 2.53. The van der Waals surface area contributed by atoms with Crippen LogP contribution >= 0.6 is 15.9 Å². The highest BCUT2D eigenvalue weighted by atomic mass is 79.9. The lowest BCUT2D eigenvalue weighted by atomic mass is 10.0. The maximum atomic E-state index is 10.5. The molecule has 1 unspecified atom stereocenters. The molecule has 1 aromatic rings. The molecule has 5 heteroatoms. The van der Waals surface area contributed by atoms with Gasteiger partial charge in [-0.15, -0.1) is 0 Å². The molecule has 1 atom stereocenters. The summed E-state index contributed by atoms with van der Waals surface area (Å²) in [4.78, 5) is 17.1. The summed E-state index contributed by atoms with van der Waals surface area (Å²) < 4.78 is 1.00. The van der Waals surface area contributed by atoms with Gasteiger partial charge in [0.1, 0.15) is 0 Å². The van der Waals surface area contributed by atoms with Gasteiger partial charge < -0.3 is 5.11 Å². The first-order valence-electron chi connectivity index (χ1n) is 6.17. The second kappa shape index (κ2) is 6.29. The number of pyridine rings is 1. The van der Waals surface area contributed by atoms with Crippen molar-refractivity contribution >= 4 is 21.9 Å². The van der Waals surface area contributed by atoms with Crippen molar-refractivity contribution < 1.29 is 9.90 Å². The Kier molecular flexibility index (Phi) is 4.72. The van der Waals surface area contributed by atoms with E-state index in [1.165, 1.54) is 5.56 Å². The van der Waals surface area contributed by atoms with Crippen molar-refractivity contribution in [3.05, 3.63) is 28.5 Å². The van der Waals surface area contributed by atoms with Gasteiger partial charge in [0, 0.05) is 36.4 Å². The Morgan fingerprint density at radius 2 is 2.39 bits per heavy atom. The van der Waals surface area contributed by atoms with E-state index in [2.05, 4.69) is 31.9 Å². The lowest BCUT2D eigenvalue weighted by molar-refractivity contribution is -0.137. The molecule has 0 spiro atoms. The maximum absolute atomic E-state index is 10.5. The Bertz CT molecular complexity index is 425. The summed E-state index contributed by atoms with van der Waals surface area (Å²) in [5.41, 5.74) is 1.20. The quantitative estimate of drug-likeness (QED) is 0.907. The molecule has 0 radical (unpaired) electrons. The molecule has 18 heavy (non-hydrogen) atoms.